The summed E-state index contributed by atoms with van der Waals surface area (Å²) in [7, 11) is -2.69. The van der Waals surface area contributed by atoms with E-state index in [1.165, 1.54) is 10.4 Å². The number of fused-ring (bicyclic) bond motifs is 2. The summed E-state index contributed by atoms with van der Waals surface area (Å²) in [6.07, 6.45) is -1.31. The van der Waals surface area contributed by atoms with Crippen LogP contribution in [0.4, 0.5) is 0 Å². The zero-order valence-corrected chi connectivity index (χ0v) is 19.0. The van der Waals surface area contributed by atoms with Gasteiger partial charge in [-0.15, -0.1) is 0 Å². The number of hydrogen-bond acceptors (Lipinski definition) is 4. The van der Waals surface area contributed by atoms with Gasteiger partial charge in [-0.1, -0.05) is 81.4 Å². The minimum Gasteiger partial charge on any atom is -0.404 e. The predicted molar refractivity (Wildman–Crippen MR) is 117 cm³/mol. The number of benzene rings is 2. The third-order valence-electron chi connectivity index (χ3n) is 6.66. The molecule has 5 atom stereocenters. The van der Waals surface area contributed by atoms with E-state index in [0.29, 0.717) is 6.61 Å². The van der Waals surface area contributed by atoms with Gasteiger partial charge in [0.1, 0.15) is 17.8 Å². The fourth-order valence-corrected chi connectivity index (χ4v) is 9.71. The molecule has 2 aromatic carbocycles. The van der Waals surface area contributed by atoms with Crippen molar-refractivity contribution < 1.29 is 19.0 Å². The van der Waals surface area contributed by atoms with E-state index in [9.17, 15) is 5.11 Å². The molecule has 2 aromatic rings. The molecule has 156 valence electrons. The van der Waals surface area contributed by atoms with E-state index in [0.717, 1.165) is 0 Å². The van der Waals surface area contributed by atoms with Crippen LogP contribution in [0.25, 0.3) is 0 Å². The Morgan fingerprint density at radius 3 is 1.90 bits per heavy atom. The molecule has 0 radical (unpaired) electrons. The van der Waals surface area contributed by atoms with Crippen molar-refractivity contribution in [3.05, 3.63) is 60.7 Å². The Labute approximate surface area is 174 Å². The minimum atomic E-state index is -2.69. The van der Waals surface area contributed by atoms with Gasteiger partial charge in [0.25, 0.3) is 8.32 Å². The van der Waals surface area contributed by atoms with Crippen LogP contribution < -0.4 is 10.4 Å². The Kier molecular flexibility index (Phi) is 5.24. The molecule has 2 bridgehead atoms. The molecule has 4 nitrogen and oxygen atoms in total. The fourth-order valence-electron chi connectivity index (χ4n) is 5.11. The minimum absolute atomic E-state index is 0.121. The maximum atomic E-state index is 10.9. The number of rotatable bonds is 5. The van der Waals surface area contributed by atoms with Gasteiger partial charge in [-0.05, 0) is 29.3 Å². The highest BCUT2D eigenvalue weighted by Gasteiger charge is 2.65. The molecule has 2 aliphatic heterocycles. The van der Waals surface area contributed by atoms with Crippen LogP contribution in [0.3, 0.4) is 0 Å². The summed E-state index contributed by atoms with van der Waals surface area (Å²) in [5, 5.41) is 13.3. The van der Waals surface area contributed by atoms with Crippen LogP contribution in [0.1, 0.15) is 34.6 Å². The van der Waals surface area contributed by atoms with Gasteiger partial charge in [-0.2, -0.15) is 0 Å². The van der Waals surface area contributed by atoms with Gasteiger partial charge in [0.05, 0.1) is 18.8 Å². The van der Waals surface area contributed by atoms with Crippen LogP contribution in [-0.2, 0) is 13.9 Å². The Morgan fingerprint density at radius 2 is 1.48 bits per heavy atom. The maximum absolute atomic E-state index is 10.9. The molecule has 29 heavy (non-hydrogen) atoms. The zero-order chi connectivity index (χ0) is 20.9. The third-order valence-corrected chi connectivity index (χ3v) is 11.6. The highest BCUT2D eigenvalue weighted by Crippen LogP contribution is 2.46. The van der Waals surface area contributed by atoms with Crippen molar-refractivity contribution in [1.82, 2.24) is 0 Å². The summed E-state index contributed by atoms with van der Waals surface area (Å²) >= 11 is 0. The van der Waals surface area contributed by atoms with Gasteiger partial charge in [0.15, 0.2) is 0 Å². The average Bonchev–Trinajstić information content (AvgIpc) is 3.08. The summed E-state index contributed by atoms with van der Waals surface area (Å²) in [5.41, 5.74) is -0.822. The summed E-state index contributed by atoms with van der Waals surface area (Å²) in [4.78, 5) is 0. The number of ether oxygens (including phenoxy) is 2. The molecule has 4 rings (SSSR count). The molecule has 2 fully saturated rings. The van der Waals surface area contributed by atoms with E-state index in [2.05, 4.69) is 69.3 Å². The van der Waals surface area contributed by atoms with Gasteiger partial charge in [0, 0.05) is 0 Å². The first-order valence-corrected chi connectivity index (χ1v) is 12.4. The first-order chi connectivity index (χ1) is 13.7. The quantitative estimate of drug-likeness (QED) is 0.767. The molecule has 5 heteroatoms. The third kappa shape index (κ3) is 3.11. The second-order valence-electron chi connectivity index (χ2n) is 9.42. The van der Waals surface area contributed by atoms with Crippen LogP contribution in [-0.4, -0.2) is 50.0 Å². The van der Waals surface area contributed by atoms with Crippen molar-refractivity contribution in [3.63, 3.8) is 0 Å². The molecular weight excluding hydrogens is 380 g/mol. The van der Waals surface area contributed by atoms with Crippen molar-refractivity contribution in [2.75, 3.05) is 6.61 Å². The van der Waals surface area contributed by atoms with Crippen LogP contribution in [0.2, 0.25) is 5.04 Å². The first kappa shape index (κ1) is 20.8. The standard InChI is InChI=1S/C24H32O4Si/c1-17-21-22(25)24(28-17,18(2)27-21)16-26-29(23(3,4)5,19-12-8-6-9-13-19)20-14-10-7-11-15-20/h6-15,17-18,21-22,25H,16H2,1-5H3/t17-,18-,21-,22-,24-/m0/s1. The summed E-state index contributed by atoms with van der Waals surface area (Å²) < 4.78 is 19.3. The molecule has 0 aliphatic carbocycles. The predicted octanol–water partition coefficient (Wildman–Crippen LogP) is 2.87. The lowest BCUT2D eigenvalue weighted by Crippen LogP contribution is -2.68. The number of aliphatic hydroxyl groups is 1. The SMILES string of the molecule is C[C@@H]1O[C@@]2(CO[Si](c3ccccc3)(c3ccccc3)C(C)(C)C)[C@H](C)O[C@@H]1[C@@H]2O. The summed E-state index contributed by atoms with van der Waals surface area (Å²) in [5.74, 6) is 0. The van der Waals surface area contributed by atoms with Crippen LogP contribution in [0.15, 0.2) is 60.7 Å². The molecule has 0 amide bonds. The van der Waals surface area contributed by atoms with Gasteiger partial charge < -0.3 is 19.0 Å². The van der Waals surface area contributed by atoms with Crippen molar-refractivity contribution >= 4 is 18.7 Å². The Balaban J connectivity index is 1.80. The smallest absolute Gasteiger partial charge is 0.261 e. The van der Waals surface area contributed by atoms with E-state index in [1.807, 2.05) is 26.0 Å². The first-order valence-electron chi connectivity index (χ1n) is 10.5. The second-order valence-corrected chi connectivity index (χ2v) is 13.7. The maximum Gasteiger partial charge on any atom is 0.261 e. The molecule has 0 saturated carbocycles. The van der Waals surface area contributed by atoms with Crippen LogP contribution >= 0.6 is 0 Å². The van der Waals surface area contributed by atoms with Crippen molar-refractivity contribution in [3.8, 4) is 0 Å². The molecular formula is C24H32O4Si. The Bertz CT molecular complexity index is 795. The molecule has 2 aliphatic rings. The Hall–Kier alpha value is -1.50. The van der Waals surface area contributed by atoms with Gasteiger partial charge in [-0.3, -0.25) is 0 Å². The van der Waals surface area contributed by atoms with Crippen molar-refractivity contribution in [2.45, 2.75) is 69.7 Å². The van der Waals surface area contributed by atoms with Crippen LogP contribution in [0.5, 0.6) is 0 Å². The van der Waals surface area contributed by atoms with E-state index in [1.54, 1.807) is 0 Å². The lowest BCUT2D eigenvalue weighted by atomic mass is 9.94. The highest BCUT2D eigenvalue weighted by molar-refractivity contribution is 6.99. The molecule has 2 heterocycles. The highest BCUT2D eigenvalue weighted by atomic mass is 28.4. The Morgan fingerprint density at radius 1 is 0.966 bits per heavy atom. The molecule has 2 saturated heterocycles. The normalized spacial score (nSPS) is 31.9. The summed E-state index contributed by atoms with van der Waals surface area (Å²) in [6.45, 7) is 11.0. The number of aliphatic hydroxyl groups excluding tert-OH is 1. The van der Waals surface area contributed by atoms with E-state index in [-0.39, 0.29) is 23.4 Å². The van der Waals surface area contributed by atoms with E-state index >= 15 is 0 Å². The van der Waals surface area contributed by atoms with Gasteiger partial charge >= 0.3 is 0 Å². The lowest BCUT2D eigenvalue weighted by molar-refractivity contribution is -0.187. The lowest BCUT2D eigenvalue weighted by Gasteiger charge is -2.45. The summed E-state index contributed by atoms with van der Waals surface area (Å²) in [6, 6.07) is 21.1. The van der Waals surface area contributed by atoms with E-state index in [4.69, 9.17) is 13.9 Å². The second kappa shape index (κ2) is 7.32. The molecule has 0 spiro atoms. The van der Waals surface area contributed by atoms with E-state index < -0.39 is 20.0 Å². The fraction of sp³-hybridized carbons (Fsp3) is 0.500. The van der Waals surface area contributed by atoms with Crippen LogP contribution in [0, 0.1) is 0 Å². The van der Waals surface area contributed by atoms with Crippen molar-refractivity contribution in [2.24, 2.45) is 0 Å². The average molecular weight is 413 g/mol. The molecule has 0 unspecified atom stereocenters. The van der Waals surface area contributed by atoms with Gasteiger partial charge in [-0.25, -0.2) is 0 Å². The molecule has 1 N–H and O–H groups in total. The largest absolute Gasteiger partial charge is 0.404 e. The number of hydrogen-bond donors (Lipinski definition) is 1. The molecule has 0 aromatic heterocycles. The van der Waals surface area contributed by atoms with Gasteiger partial charge in [0.2, 0.25) is 0 Å². The monoisotopic (exact) mass is 412 g/mol. The van der Waals surface area contributed by atoms with Crippen molar-refractivity contribution in [1.29, 1.82) is 0 Å². The topological polar surface area (TPSA) is 47.9 Å². The zero-order valence-electron chi connectivity index (χ0n) is 18.0.